The Morgan fingerprint density at radius 1 is 0.162 bits per heavy atom. The standard InChI is InChI=1S/C74H42/c1-2-20-50-49(19-1)55-24-11-32-66-69(55)70-56(50)25-12-33-67(70)74(66)63-30-8-5-23-54(63)60-42-48(36-38-64(60)74)46-18-10-16-44(40-46)43-15-9-17-45(39-43)47-35-37-51-57-26-13-31-65-71(57)72-58(59(51)41-47)27-14-34-68(72)73(65)61-28-6-3-21-52(61)53-22-4-7-29-62(53)73/h1-42H. The van der Waals surface area contributed by atoms with Gasteiger partial charge in [-0.3, -0.25) is 0 Å². The predicted molar refractivity (Wildman–Crippen MR) is 310 cm³/mol. The van der Waals surface area contributed by atoms with Crippen molar-refractivity contribution >= 4 is 64.6 Å². The molecule has 0 bridgehead atoms. The fourth-order valence-electron chi connectivity index (χ4n) is 15.5. The van der Waals surface area contributed by atoms with Crippen LogP contribution < -0.4 is 0 Å². The van der Waals surface area contributed by atoms with E-state index in [0.717, 1.165) is 0 Å². The van der Waals surface area contributed by atoms with Crippen LogP contribution >= 0.6 is 0 Å². The number of benzene rings is 14. The van der Waals surface area contributed by atoms with Crippen LogP contribution in [0, 0.1) is 0 Å². The Kier molecular flexibility index (Phi) is 7.31. The summed E-state index contributed by atoms with van der Waals surface area (Å²) in [7, 11) is 0. The third kappa shape index (κ3) is 4.55. The van der Waals surface area contributed by atoms with Crippen molar-refractivity contribution in [2.75, 3.05) is 0 Å². The molecule has 14 aromatic rings. The van der Waals surface area contributed by atoms with E-state index in [9.17, 15) is 0 Å². The van der Waals surface area contributed by atoms with Gasteiger partial charge in [-0.2, -0.15) is 0 Å². The molecule has 18 rings (SSSR count). The van der Waals surface area contributed by atoms with Crippen LogP contribution in [0.4, 0.5) is 0 Å². The van der Waals surface area contributed by atoms with Gasteiger partial charge in [0.15, 0.2) is 0 Å². The SMILES string of the molecule is c1cc(-c2cccc(-c3ccc4c(c3)c3cccc5c3c3c(cccc43)C53c4ccccc4-c4ccccc43)c2)cc(-c2ccc3c(c2)-c2ccccc2C32c3cccc4c5ccccc5c5cccc2c5c34)c1. The Morgan fingerprint density at radius 2 is 0.459 bits per heavy atom. The van der Waals surface area contributed by atoms with Crippen LogP contribution in [0.15, 0.2) is 255 Å². The van der Waals surface area contributed by atoms with Crippen molar-refractivity contribution in [3.8, 4) is 55.6 Å². The molecule has 0 heterocycles. The Labute approximate surface area is 428 Å². The van der Waals surface area contributed by atoms with E-state index in [1.165, 1.54) is 165 Å². The van der Waals surface area contributed by atoms with E-state index in [1.54, 1.807) is 0 Å². The molecule has 0 fully saturated rings. The molecule has 338 valence electrons. The van der Waals surface area contributed by atoms with Gasteiger partial charge in [-0.25, -0.2) is 0 Å². The fourth-order valence-corrected chi connectivity index (χ4v) is 15.5. The van der Waals surface area contributed by atoms with Gasteiger partial charge >= 0.3 is 0 Å². The molecule has 0 aromatic heterocycles. The highest BCUT2D eigenvalue weighted by Crippen LogP contribution is 2.65. The quantitative estimate of drug-likeness (QED) is 0.155. The smallest absolute Gasteiger partial charge is 0.0619 e. The van der Waals surface area contributed by atoms with Crippen LogP contribution in [-0.4, -0.2) is 0 Å². The highest BCUT2D eigenvalue weighted by atomic mass is 14.5. The van der Waals surface area contributed by atoms with Gasteiger partial charge in [-0.05, 0) is 189 Å². The highest BCUT2D eigenvalue weighted by Gasteiger charge is 2.52. The van der Waals surface area contributed by atoms with Gasteiger partial charge in [-0.15, -0.1) is 0 Å². The summed E-state index contributed by atoms with van der Waals surface area (Å²) >= 11 is 0. The second-order valence-electron chi connectivity index (χ2n) is 21.3. The van der Waals surface area contributed by atoms with Crippen LogP contribution in [-0.2, 0) is 10.8 Å². The zero-order valence-electron chi connectivity index (χ0n) is 40.2. The lowest BCUT2D eigenvalue weighted by Gasteiger charge is -2.30. The van der Waals surface area contributed by atoms with Crippen LogP contribution in [0.5, 0.6) is 0 Å². The minimum absolute atomic E-state index is 0.354. The van der Waals surface area contributed by atoms with Gasteiger partial charge in [0.05, 0.1) is 10.8 Å². The first kappa shape index (κ1) is 39.3. The average molecular weight is 931 g/mol. The van der Waals surface area contributed by atoms with Gasteiger partial charge in [0.2, 0.25) is 0 Å². The Hall–Kier alpha value is -9.36. The second kappa shape index (κ2) is 13.8. The molecular weight excluding hydrogens is 889 g/mol. The molecule has 2 spiro atoms. The Morgan fingerprint density at radius 3 is 0.919 bits per heavy atom. The highest BCUT2D eigenvalue weighted by molar-refractivity contribution is 6.31. The maximum absolute atomic E-state index is 2.47. The van der Waals surface area contributed by atoms with Gasteiger partial charge < -0.3 is 0 Å². The maximum atomic E-state index is 2.47. The van der Waals surface area contributed by atoms with Crippen molar-refractivity contribution in [1.82, 2.24) is 0 Å². The summed E-state index contributed by atoms with van der Waals surface area (Å²) in [6, 6.07) is 97.3. The molecule has 0 atom stereocenters. The molecule has 0 aliphatic heterocycles. The molecule has 4 aliphatic carbocycles. The van der Waals surface area contributed by atoms with E-state index in [1.807, 2.05) is 0 Å². The predicted octanol–water partition coefficient (Wildman–Crippen LogP) is 19.0. The number of rotatable bonds is 3. The molecule has 0 nitrogen and oxygen atoms in total. The van der Waals surface area contributed by atoms with Crippen molar-refractivity contribution < 1.29 is 0 Å². The van der Waals surface area contributed by atoms with Gasteiger partial charge in [0.1, 0.15) is 0 Å². The second-order valence-corrected chi connectivity index (χ2v) is 21.3. The lowest BCUT2D eigenvalue weighted by molar-refractivity contribution is 0.797. The van der Waals surface area contributed by atoms with E-state index < -0.39 is 5.41 Å². The molecule has 0 radical (unpaired) electrons. The van der Waals surface area contributed by atoms with Crippen LogP contribution in [0.2, 0.25) is 0 Å². The monoisotopic (exact) mass is 930 g/mol. The van der Waals surface area contributed by atoms with E-state index in [2.05, 4.69) is 255 Å². The number of hydrogen-bond acceptors (Lipinski definition) is 0. The summed E-state index contributed by atoms with van der Waals surface area (Å²) in [5, 5.41) is 16.2. The first-order valence-corrected chi connectivity index (χ1v) is 26.2. The van der Waals surface area contributed by atoms with Gasteiger partial charge in [-0.1, -0.05) is 231 Å². The third-order valence-electron chi connectivity index (χ3n) is 18.2. The molecule has 4 aliphatic rings. The lowest BCUT2D eigenvalue weighted by Crippen LogP contribution is -2.26. The summed E-state index contributed by atoms with van der Waals surface area (Å²) in [4.78, 5) is 0. The minimum Gasteiger partial charge on any atom is -0.0619 e. The fraction of sp³-hybridized carbons (Fsp3) is 0.0270. The molecule has 14 aromatic carbocycles. The van der Waals surface area contributed by atoms with Gasteiger partial charge in [0, 0.05) is 0 Å². The summed E-state index contributed by atoms with van der Waals surface area (Å²) in [6.07, 6.45) is 0. The van der Waals surface area contributed by atoms with Gasteiger partial charge in [0.25, 0.3) is 0 Å². The summed E-state index contributed by atoms with van der Waals surface area (Å²) in [6.45, 7) is 0. The van der Waals surface area contributed by atoms with Crippen molar-refractivity contribution in [1.29, 1.82) is 0 Å². The minimum atomic E-state index is -0.397. The summed E-state index contributed by atoms with van der Waals surface area (Å²) in [5.74, 6) is 0. The van der Waals surface area contributed by atoms with E-state index in [4.69, 9.17) is 0 Å². The first-order valence-electron chi connectivity index (χ1n) is 26.2. The Bertz CT molecular complexity index is 4780. The van der Waals surface area contributed by atoms with Crippen LogP contribution in [0.3, 0.4) is 0 Å². The van der Waals surface area contributed by atoms with Crippen molar-refractivity contribution in [2.24, 2.45) is 0 Å². The topological polar surface area (TPSA) is 0 Å². The molecule has 74 heavy (non-hydrogen) atoms. The number of fused-ring (bicyclic) bond motifs is 20. The molecule has 0 saturated heterocycles. The van der Waals surface area contributed by atoms with E-state index in [-0.39, 0.29) is 5.41 Å². The molecule has 0 unspecified atom stereocenters. The zero-order chi connectivity index (χ0) is 48.0. The summed E-state index contributed by atoms with van der Waals surface area (Å²) < 4.78 is 0. The molecule has 0 saturated carbocycles. The lowest BCUT2D eigenvalue weighted by atomic mass is 9.70. The zero-order valence-corrected chi connectivity index (χ0v) is 40.2. The third-order valence-corrected chi connectivity index (χ3v) is 18.2. The normalized spacial score (nSPS) is 14.4. The maximum Gasteiger partial charge on any atom is 0.0725 e. The first-order chi connectivity index (χ1) is 36.7. The van der Waals surface area contributed by atoms with Crippen LogP contribution in [0.25, 0.3) is 120 Å². The number of hydrogen-bond donors (Lipinski definition) is 0. The Balaban J connectivity index is 0.759. The van der Waals surface area contributed by atoms with Crippen molar-refractivity contribution in [3.05, 3.63) is 299 Å². The van der Waals surface area contributed by atoms with Crippen molar-refractivity contribution in [2.45, 2.75) is 10.8 Å². The molecular formula is C74H42. The molecule has 0 amide bonds. The van der Waals surface area contributed by atoms with E-state index in [0.29, 0.717) is 0 Å². The van der Waals surface area contributed by atoms with E-state index >= 15 is 0 Å². The largest absolute Gasteiger partial charge is 0.0725 e. The van der Waals surface area contributed by atoms with Crippen molar-refractivity contribution in [3.63, 3.8) is 0 Å². The van der Waals surface area contributed by atoms with Crippen LogP contribution in [0.1, 0.15) is 44.5 Å². The molecule has 0 heteroatoms. The summed E-state index contributed by atoms with van der Waals surface area (Å²) in [5.41, 5.74) is 23.0. The average Bonchev–Trinajstić information content (AvgIpc) is 4.34. The molecule has 0 N–H and O–H groups in total.